The monoisotopic (exact) mass is 394 g/mol. The third kappa shape index (κ3) is 3.30. The summed E-state index contributed by atoms with van der Waals surface area (Å²) in [5.41, 5.74) is 3.07. The van der Waals surface area contributed by atoms with Crippen molar-refractivity contribution in [2.24, 2.45) is 0 Å². The molecular weight excluding hydrogens is 374 g/mol. The van der Waals surface area contributed by atoms with Crippen molar-refractivity contribution in [3.05, 3.63) is 71.3 Å². The van der Waals surface area contributed by atoms with Crippen LogP contribution in [0.1, 0.15) is 40.9 Å². The molecule has 0 spiro atoms. The average Bonchev–Trinajstić information content (AvgIpc) is 3.44. The zero-order chi connectivity index (χ0) is 20.0. The van der Waals surface area contributed by atoms with E-state index in [-0.39, 0.29) is 23.6 Å². The number of fused-ring (bicyclic) bond motifs is 1. The van der Waals surface area contributed by atoms with Crippen LogP contribution in [0, 0.1) is 11.6 Å². The number of rotatable bonds is 4. The fraction of sp³-hybridized carbons (Fsp3) is 0.318. The van der Waals surface area contributed by atoms with Crippen LogP contribution in [-0.4, -0.2) is 38.1 Å². The number of benzene rings is 1. The Morgan fingerprint density at radius 3 is 2.45 bits per heavy atom. The second-order valence-corrected chi connectivity index (χ2v) is 7.75. The van der Waals surface area contributed by atoms with E-state index in [4.69, 9.17) is 0 Å². The maximum absolute atomic E-state index is 14.0. The Morgan fingerprint density at radius 2 is 1.76 bits per heavy atom. The van der Waals surface area contributed by atoms with E-state index in [1.165, 1.54) is 5.56 Å². The Kier molecular flexibility index (Phi) is 4.38. The molecular formula is C22H20F2N4O. The highest BCUT2D eigenvalue weighted by atomic mass is 19.1. The highest BCUT2D eigenvalue weighted by molar-refractivity contribution is 5.95. The summed E-state index contributed by atoms with van der Waals surface area (Å²) >= 11 is 0. The number of aromatic nitrogens is 3. The lowest BCUT2D eigenvalue weighted by Gasteiger charge is -2.34. The summed E-state index contributed by atoms with van der Waals surface area (Å²) in [6.07, 6.45) is 8.49. The van der Waals surface area contributed by atoms with Gasteiger partial charge in [0, 0.05) is 23.8 Å². The highest BCUT2D eigenvalue weighted by Gasteiger charge is 2.39. The maximum atomic E-state index is 14.0. The second-order valence-electron chi connectivity index (χ2n) is 7.75. The molecule has 0 radical (unpaired) electrons. The molecule has 29 heavy (non-hydrogen) atoms. The average molecular weight is 394 g/mol. The molecule has 2 heterocycles. The molecule has 0 saturated heterocycles. The van der Waals surface area contributed by atoms with Crippen LogP contribution in [0.4, 0.5) is 8.78 Å². The van der Waals surface area contributed by atoms with Gasteiger partial charge in [-0.05, 0) is 55.4 Å². The van der Waals surface area contributed by atoms with Gasteiger partial charge in [-0.15, -0.1) is 0 Å². The van der Waals surface area contributed by atoms with E-state index in [9.17, 15) is 13.6 Å². The number of aryl methyl sites for hydroxylation is 1. The molecule has 1 saturated carbocycles. The quantitative estimate of drug-likeness (QED) is 0.730. The topological polar surface area (TPSA) is 61.9 Å². The van der Waals surface area contributed by atoms with Crippen molar-refractivity contribution in [1.29, 1.82) is 0 Å². The molecule has 2 aliphatic carbocycles. The number of H-pyrrole nitrogens is 1. The van der Waals surface area contributed by atoms with Gasteiger partial charge in [0.2, 0.25) is 0 Å². The summed E-state index contributed by atoms with van der Waals surface area (Å²) < 4.78 is 28.0. The number of halogens is 2. The van der Waals surface area contributed by atoms with Gasteiger partial charge in [-0.1, -0.05) is 12.1 Å². The smallest absolute Gasteiger partial charge is 0.254 e. The predicted octanol–water partition coefficient (Wildman–Crippen LogP) is 3.91. The number of hydrogen-bond donors (Lipinski definition) is 1. The van der Waals surface area contributed by atoms with E-state index in [1.54, 1.807) is 24.3 Å². The van der Waals surface area contributed by atoms with E-state index in [0.717, 1.165) is 50.2 Å². The van der Waals surface area contributed by atoms with Crippen LogP contribution in [0.5, 0.6) is 0 Å². The first-order chi connectivity index (χ1) is 14.1. The second kappa shape index (κ2) is 7.06. The van der Waals surface area contributed by atoms with Gasteiger partial charge in [0.15, 0.2) is 11.6 Å². The van der Waals surface area contributed by atoms with E-state index in [2.05, 4.69) is 15.2 Å². The van der Waals surface area contributed by atoms with Crippen LogP contribution in [0.3, 0.4) is 0 Å². The lowest BCUT2D eigenvalue weighted by molar-refractivity contribution is 0.0643. The van der Waals surface area contributed by atoms with Gasteiger partial charge in [-0.3, -0.25) is 14.9 Å². The number of aromatic amines is 1. The van der Waals surface area contributed by atoms with Crippen molar-refractivity contribution in [1.82, 2.24) is 20.1 Å². The first-order valence-electron chi connectivity index (χ1n) is 9.85. The van der Waals surface area contributed by atoms with Crippen molar-refractivity contribution in [2.75, 3.05) is 0 Å². The van der Waals surface area contributed by atoms with Gasteiger partial charge in [0.1, 0.15) is 0 Å². The molecule has 1 unspecified atom stereocenters. The summed E-state index contributed by atoms with van der Waals surface area (Å²) in [4.78, 5) is 18.8. The molecule has 7 heteroatoms. The molecule has 0 aliphatic heterocycles. The van der Waals surface area contributed by atoms with Crippen LogP contribution in [0.15, 0.2) is 42.9 Å². The van der Waals surface area contributed by atoms with Crippen LogP contribution in [0.2, 0.25) is 0 Å². The van der Waals surface area contributed by atoms with Gasteiger partial charge in [-0.2, -0.15) is 5.10 Å². The van der Waals surface area contributed by atoms with Gasteiger partial charge in [0.25, 0.3) is 5.91 Å². The first kappa shape index (κ1) is 18.0. The molecule has 1 fully saturated rings. The van der Waals surface area contributed by atoms with E-state index >= 15 is 0 Å². The van der Waals surface area contributed by atoms with E-state index in [0.29, 0.717) is 11.1 Å². The van der Waals surface area contributed by atoms with Crippen molar-refractivity contribution < 1.29 is 13.6 Å². The van der Waals surface area contributed by atoms with Crippen molar-refractivity contribution >= 4 is 5.91 Å². The van der Waals surface area contributed by atoms with Crippen LogP contribution in [-0.2, 0) is 12.8 Å². The van der Waals surface area contributed by atoms with Crippen molar-refractivity contribution in [3.63, 3.8) is 0 Å². The molecule has 5 nitrogen and oxygen atoms in total. The molecule has 5 rings (SSSR count). The largest absolute Gasteiger partial charge is 0.332 e. The van der Waals surface area contributed by atoms with E-state index < -0.39 is 11.6 Å². The molecule has 3 aromatic rings. The van der Waals surface area contributed by atoms with Crippen LogP contribution < -0.4 is 0 Å². The Balaban J connectivity index is 1.40. The number of carbonyl (C=O) groups excluding carboxylic acids is 1. The lowest BCUT2D eigenvalue weighted by Crippen LogP contribution is -2.44. The van der Waals surface area contributed by atoms with Gasteiger partial charge in [-0.25, -0.2) is 8.78 Å². The summed E-state index contributed by atoms with van der Waals surface area (Å²) in [5, 5.41) is 7.19. The van der Waals surface area contributed by atoms with Gasteiger partial charge >= 0.3 is 0 Å². The zero-order valence-electron chi connectivity index (χ0n) is 15.7. The minimum Gasteiger partial charge on any atom is -0.332 e. The fourth-order valence-electron chi connectivity index (χ4n) is 4.23. The first-order valence-corrected chi connectivity index (χ1v) is 9.85. The minimum absolute atomic E-state index is 0.0216. The third-order valence-electron chi connectivity index (χ3n) is 5.82. The molecule has 148 valence electrons. The third-order valence-corrected chi connectivity index (χ3v) is 5.82. The predicted molar refractivity (Wildman–Crippen MR) is 103 cm³/mol. The Morgan fingerprint density at radius 1 is 1.03 bits per heavy atom. The number of carbonyl (C=O) groups is 1. The summed E-state index contributed by atoms with van der Waals surface area (Å²) in [6.45, 7) is 0. The maximum Gasteiger partial charge on any atom is 0.254 e. The number of hydrogen-bond acceptors (Lipinski definition) is 3. The highest BCUT2D eigenvalue weighted by Crippen LogP contribution is 2.35. The number of nitrogens with one attached hydrogen (secondary N) is 1. The molecule has 1 N–H and O–H groups in total. The summed E-state index contributed by atoms with van der Waals surface area (Å²) in [6, 6.07) is 6.91. The molecule has 2 aliphatic rings. The summed E-state index contributed by atoms with van der Waals surface area (Å²) in [5.74, 6) is -1.46. The molecule has 1 aromatic carbocycles. The van der Waals surface area contributed by atoms with Crippen molar-refractivity contribution in [2.45, 2.75) is 44.2 Å². The van der Waals surface area contributed by atoms with E-state index in [1.807, 2.05) is 11.1 Å². The Bertz CT molecular complexity index is 1040. The number of nitrogens with zero attached hydrogens (tertiary/aromatic N) is 3. The lowest BCUT2D eigenvalue weighted by atomic mass is 9.91. The normalized spacial score (nSPS) is 18.3. The van der Waals surface area contributed by atoms with Crippen molar-refractivity contribution in [3.8, 4) is 11.1 Å². The number of pyridine rings is 1. The van der Waals surface area contributed by atoms with Gasteiger partial charge in [0.05, 0.1) is 23.7 Å². The van der Waals surface area contributed by atoms with Crippen LogP contribution in [0.25, 0.3) is 11.1 Å². The Labute approximate surface area is 166 Å². The van der Waals surface area contributed by atoms with Crippen LogP contribution >= 0.6 is 0 Å². The fourth-order valence-corrected chi connectivity index (χ4v) is 4.23. The minimum atomic E-state index is -0.721. The molecule has 1 amide bonds. The standard InChI is InChI=1S/C22H20F2N4O/c23-18-11-25-12-19(24)21(18)13-1-3-14(4-2-13)22(29)28(16-5-6-16)17-7-8-20-15(9-17)10-26-27-20/h1-4,10-12,16-17H,5-9H2,(H,26,27). The zero-order valence-corrected chi connectivity index (χ0v) is 15.7. The number of amides is 1. The molecule has 2 aromatic heterocycles. The van der Waals surface area contributed by atoms with Gasteiger partial charge < -0.3 is 4.90 Å². The Hall–Kier alpha value is -3.09. The molecule has 1 atom stereocenters. The summed E-state index contributed by atoms with van der Waals surface area (Å²) in [7, 11) is 0. The molecule has 0 bridgehead atoms. The SMILES string of the molecule is O=C(c1ccc(-c2c(F)cncc2F)cc1)N(C1CC1)C1CCc2n[nH]cc2C1.